The zero-order chi connectivity index (χ0) is 11.9. The summed E-state index contributed by atoms with van der Waals surface area (Å²) in [6.07, 6.45) is -4.86. The Morgan fingerprint density at radius 3 is 2.12 bits per heavy atom. The van der Waals surface area contributed by atoms with Gasteiger partial charge in [0.15, 0.2) is 0 Å². The Bertz CT molecular complexity index is 357. The number of halogens is 4. The third kappa shape index (κ3) is 2.66. The van der Waals surface area contributed by atoms with Crippen molar-refractivity contribution in [3.8, 4) is 0 Å². The van der Waals surface area contributed by atoms with Crippen molar-refractivity contribution in [2.75, 3.05) is 14.1 Å². The summed E-state index contributed by atoms with van der Waals surface area (Å²) in [5, 5.41) is 13.3. The maximum absolute atomic E-state index is 12.7. The van der Waals surface area contributed by atoms with Crippen molar-refractivity contribution in [1.29, 1.82) is 0 Å². The Hall–Kier alpha value is 0.487. The van der Waals surface area contributed by atoms with E-state index >= 15 is 0 Å². The van der Waals surface area contributed by atoms with Crippen LogP contribution < -0.4 is 24.0 Å². The zero-order valence-electron chi connectivity index (χ0n) is 8.93. The van der Waals surface area contributed by atoms with E-state index in [-0.39, 0.29) is 28.2 Å². The van der Waals surface area contributed by atoms with E-state index in [2.05, 4.69) is 15.9 Å². The summed E-state index contributed by atoms with van der Waals surface area (Å²) in [5.41, 5.74) is -3.19. The first-order valence-electron chi connectivity index (χ1n) is 3.89. The van der Waals surface area contributed by atoms with E-state index in [1.165, 1.54) is 11.4 Å². The van der Waals surface area contributed by atoms with Gasteiger partial charge >= 0.3 is 25.0 Å². The summed E-state index contributed by atoms with van der Waals surface area (Å²) >= 11 is 3.74. The van der Waals surface area contributed by atoms with Gasteiger partial charge in [-0.05, 0) is 41.5 Å². The Balaban J connectivity index is 0.00000225. The molecule has 1 unspecified atom stereocenters. The van der Waals surface area contributed by atoms with Crippen molar-refractivity contribution < 1.29 is 37.1 Å². The number of alkyl halides is 3. The van der Waals surface area contributed by atoms with Gasteiger partial charge in [-0.2, -0.15) is 13.2 Å². The Morgan fingerprint density at radius 1 is 1.38 bits per heavy atom. The molecule has 0 aliphatic carbocycles. The molecule has 0 saturated carbocycles. The number of hydrogen-bond donors (Lipinski definition) is 0. The normalized spacial score (nSPS) is 15.8. The molecule has 16 heavy (non-hydrogen) atoms. The van der Waals surface area contributed by atoms with Gasteiger partial charge in [-0.25, -0.2) is 0 Å². The van der Waals surface area contributed by atoms with Gasteiger partial charge in [0, 0.05) is 9.35 Å². The van der Waals surface area contributed by atoms with Crippen LogP contribution in [0, 0.1) is 0 Å². The first kappa shape index (κ1) is 16.5. The van der Waals surface area contributed by atoms with Crippen molar-refractivity contribution in [1.82, 2.24) is 4.90 Å². The summed E-state index contributed by atoms with van der Waals surface area (Å²) in [5.74, 6) is 0. The molecular formula is C8H8BrF3LiNOS. The van der Waals surface area contributed by atoms with Crippen LogP contribution in [0.2, 0.25) is 0 Å². The number of rotatable bonds is 2. The van der Waals surface area contributed by atoms with Gasteiger partial charge in [0.1, 0.15) is 0 Å². The van der Waals surface area contributed by atoms with Crippen molar-refractivity contribution in [2.45, 2.75) is 11.9 Å². The van der Waals surface area contributed by atoms with Crippen LogP contribution in [-0.4, -0.2) is 25.2 Å². The summed E-state index contributed by atoms with van der Waals surface area (Å²) in [4.78, 5) is 0.351. The molecule has 0 spiro atoms. The quantitative estimate of drug-likeness (QED) is 0.526. The van der Waals surface area contributed by atoms with Crippen molar-refractivity contribution in [3.63, 3.8) is 0 Å². The molecular weight excluding hydrogens is 302 g/mol. The molecule has 0 saturated heterocycles. The molecule has 0 aromatic carbocycles. The minimum Gasteiger partial charge on any atom is -0.827 e. The molecule has 0 fully saturated rings. The van der Waals surface area contributed by atoms with Gasteiger partial charge in [0.25, 0.3) is 0 Å². The van der Waals surface area contributed by atoms with Crippen molar-refractivity contribution in [3.05, 3.63) is 20.8 Å². The second kappa shape index (κ2) is 5.42. The fourth-order valence-electron chi connectivity index (χ4n) is 1.12. The molecule has 1 rings (SSSR count). The second-order valence-electron chi connectivity index (χ2n) is 3.13. The number of nitrogens with zero attached hydrogens (tertiary/aromatic N) is 1. The van der Waals surface area contributed by atoms with E-state index in [4.69, 9.17) is 0 Å². The molecule has 1 aromatic rings. The van der Waals surface area contributed by atoms with Crippen LogP contribution >= 0.6 is 27.3 Å². The van der Waals surface area contributed by atoms with Crippen LogP contribution in [0.3, 0.4) is 0 Å². The Morgan fingerprint density at radius 2 is 1.88 bits per heavy atom. The maximum Gasteiger partial charge on any atom is 1.00 e. The Labute approximate surface area is 116 Å². The summed E-state index contributed by atoms with van der Waals surface area (Å²) in [7, 11) is 2.24. The van der Waals surface area contributed by atoms with Crippen LogP contribution in [0.25, 0.3) is 0 Å². The average molecular weight is 310 g/mol. The van der Waals surface area contributed by atoms with Crippen LogP contribution in [0.15, 0.2) is 15.9 Å². The Kier molecular flexibility index (Phi) is 5.59. The first-order valence-corrected chi connectivity index (χ1v) is 5.56. The van der Waals surface area contributed by atoms with E-state index in [1.807, 2.05) is 0 Å². The van der Waals surface area contributed by atoms with Gasteiger partial charge in [0.2, 0.25) is 0 Å². The fourth-order valence-corrected chi connectivity index (χ4v) is 2.96. The largest absolute Gasteiger partial charge is 1.00 e. The van der Waals surface area contributed by atoms with Crippen LogP contribution in [0.4, 0.5) is 13.2 Å². The van der Waals surface area contributed by atoms with Gasteiger partial charge < -0.3 is 10.0 Å². The molecule has 0 N–H and O–H groups in total. The summed E-state index contributed by atoms with van der Waals surface area (Å²) in [6.45, 7) is 0. The SMILES string of the molecule is CN(C)C([O-])(c1sccc1Br)C(F)(F)F.[Li+]. The van der Waals surface area contributed by atoms with Gasteiger partial charge in [0.05, 0.1) is 5.72 Å². The molecule has 1 heterocycles. The minimum atomic E-state index is -4.86. The molecule has 86 valence electrons. The predicted octanol–water partition coefficient (Wildman–Crippen LogP) is -0.848. The third-order valence-electron chi connectivity index (χ3n) is 1.94. The average Bonchev–Trinajstić information content (AvgIpc) is 2.47. The molecule has 0 aliphatic rings. The second-order valence-corrected chi connectivity index (χ2v) is 4.90. The monoisotopic (exact) mass is 309 g/mol. The van der Waals surface area contributed by atoms with Crippen molar-refractivity contribution >= 4 is 27.3 Å². The smallest absolute Gasteiger partial charge is 0.827 e. The van der Waals surface area contributed by atoms with E-state index in [9.17, 15) is 18.3 Å². The molecule has 0 amide bonds. The summed E-state index contributed by atoms with van der Waals surface area (Å²) < 4.78 is 38.4. The van der Waals surface area contributed by atoms with Crippen LogP contribution in [-0.2, 0) is 5.72 Å². The minimum absolute atomic E-state index is 0. The maximum atomic E-state index is 12.7. The van der Waals surface area contributed by atoms with Gasteiger partial charge in [-0.3, -0.25) is 0 Å². The standard InChI is InChI=1S/C8H8BrF3NOS.Li/c1-13(2)7(14,8(10,11)12)6-5(9)3-4-15-6;/h3-4H,1-2H3;/q-1;+1. The number of hydrogen-bond acceptors (Lipinski definition) is 3. The van der Waals surface area contributed by atoms with Crippen molar-refractivity contribution in [2.24, 2.45) is 0 Å². The summed E-state index contributed by atoms with van der Waals surface area (Å²) in [6, 6.07) is 1.43. The fraction of sp³-hybridized carbons (Fsp3) is 0.500. The molecule has 1 aromatic heterocycles. The molecule has 1 atom stereocenters. The third-order valence-corrected chi connectivity index (χ3v) is 3.87. The predicted molar refractivity (Wildman–Crippen MR) is 53.4 cm³/mol. The zero-order valence-corrected chi connectivity index (χ0v) is 11.3. The van der Waals surface area contributed by atoms with E-state index in [0.29, 0.717) is 4.90 Å². The topological polar surface area (TPSA) is 26.3 Å². The van der Waals surface area contributed by atoms with Gasteiger partial charge in [-0.1, -0.05) is 0 Å². The molecule has 8 heteroatoms. The van der Waals surface area contributed by atoms with E-state index in [1.54, 1.807) is 0 Å². The van der Waals surface area contributed by atoms with Crippen LogP contribution in [0.5, 0.6) is 0 Å². The van der Waals surface area contributed by atoms with E-state index in [0.717, 1.165) is 25.4 Å². The van der Waals surface area contributed by atoms with E-state index < -0.39 is 11.9 Å². The molecule has 0 aliphatic heterocycles. The first-order chi connectivity index (χ1) is 6.71. The van der Waals surface area contributed by atoms with Gasteiger partial charge in [-0.15, -0.1) is 11.3 Å². The number of thiophene rings is 1. The van der Waals surface area contributed by atoms with Crippen LogP contribution in [0.1, 0.15) is 4.88 Å². The molecule has 2 nitrogen and oxygen atoms in total. The molecule has 0 radical (unpaired) electrons. The molecule has 0 bridgehead atoms.